The summed E-state index contributed by atoms with van der Waals surface area (Å²) < 4.78 is 0.855. The fourth-order valence-corrected chi connectivity index (χ4v) is 1.67. The van der Waals surface area contributed by atoms with Crippen molar-refractivity contribution in [1.29, 1.82) is 0 Å². The Morgan fingerprint density at radius 3 is 2.76 bits per heavy atom. The molecule has 0 radical (unpaired) electrons. The number of urea groups is 1. The second-order valence-corrected chi connectivity index (χ2v) is 4.52. The van der Waals surface area contributed by atoms with Gasteiger partial charge in [-0.25, -0.2) is 4.79 Å². The molecule has 17 heavy (non-hydrogen) atoms. The van der Waals surface area contributed by atoms with E-state index in [1.54, 1.807) is 25.1 Å². The van der Waals surface area contributed by atoms with E-state index in [4.69, 9.17) is 5.11 Å². The van der Waals surface area contributed by atoms with Gasteiger partial charge >= 0.3 is 12.0 Å². The second-order valence-electron chi connectivity index (χ2n) is 3.61. The second kappa shape index (κ2) is 6.24. The van der Waals surface area contributed by atoms with Crippen LogP contribution in [-0.4, -0.2) is 23.1 Å². The number of aliphatic carboxylic acids is 1. The monoisotopic (exact) mass is 300 g/mol. The highest BCUT2D eigenvalue weighted by Gasteiger charge is 2.10. The van der Waals surface area contributed by atoms with Crippen LogP contribution in [0.3, 0.4) is 0 Å². The van der Waals surface area contributed by atoms with E-state index in [2.05, 4.69) is 26.6 Å². The average Bonchev–Trinajstić information content (AvgIpc) is 2.14. The molecule has 0 aliphatic carbocycles. The van der Waals surface area contributed by atoms with Crippen molar-refractivity contribution in [2.75, 3.05) is 5.32 Å². The van der Waals surface area contributed by atoms with Gasteiger partial charge in [-0.2, -0.15) is 0 Å². The number of benzene rings is 1. The summed E-state index contributed by atoms with van der Waals surface area (Å²) in [7, 11) is 0. The number of carboxylic acids is 1. The van der Waals surface area contributed by atoms with Crippen LogP contribution >= 0.6 is 15.9 Å². The number of nitrogens with one attached hydrogen (secondary N) is 2. The zero-order chi connectivity index (χ0) is 12.8. The minimum atomic E-state index is -0.944. The van der Waals surface area contributed by atoms with Crippen molar-refractivity contribution in [2.45, 2.75) is 19.4 Å². The topological polar surface area (TPSA) is 78.4 Å². The van der Waals surface area contributed by atoms with Gasteiger partial charge in [-0.1, -0.05) is 22.0 Å². The highest BCUT2D eigenvalue weighted by molar-refractivity contribution is 9.10. The van der Waals surface area contributed by atoms with Crippen molar-refractivity contribution in [2.24, 2.45) is 0 Å². The number of carbonyl (C=O) groups is 2. The molecule has 1 atom stereocenters. The largest absolute Gasteiger partial charge is 0.481 e. The molecule has 1 unspecified atom stereocenters. The first-order valence-corrected chi connectivity index (χ1v) is 5.81. The summed E-state index contributed by atoms with van der Waals surface area (Å²) in [6, 6.07) is 6.29. The lowest BCUT2D eigenvalue weighted by Gasteiger charge is -2.12. The molecule has 5 nitrogen and oxygen atoms in total. The lowest BCUT2D eigenvalue weighted by Crippen LogP contribution is -2.37. The summed E-state index contributed by atoms with van der Waals surface area (Å²) in [5.41, 5.74) is 0.638. The number of hydrogen-bond acceptors (Lipinski definition) is 2. The molecular weight excluding hydrogens is 288 g/mol. The van der Waals surface area contributed by atoms with Crippen molar-refractivity contribution in [3.05, 3.63) is 28.7 Å². The number of anilines is 1. The van der Waals surface area contributed by atoms with Crippen LogP contribution in [0.4, 0.5) is 10.5 Å². The SMILES string of the molecule is CC(CC(=O)O)NC(=O)Nc1cccc(Br)c1. The average molecular weight is 301 g/mol. The zero-order valence-corrected chi connectivity index (χ0v) is 10.8. The van der Waals surface area contributed by atoms with Gasteiger partial charge in [0, 0.05) is 16.2 Å². The molecule has 1 rings (SSSR count). The molecular formula is C11H13BrN2O3. The van der Waals surface area contributed by atoms with E-state index < -0.39 is 18.0 Å². The molecule has 0 saturated heterocycles. The van der Waals surface area contributed by atoms with E-state index in [1.807, 2.05) is 6.07 Å². The number of rotatable bonds is 4. The van der Waals surface area contributed by atoms with E-state index in [0.717, 1.165) is 4.47 Å². The van der Waals surface area contributed by atoms with Crippen LogP contribution in [0.1, 0.15) is 13.3 Å². The molecule has 2 amide bonds. The molecule has 1 aromatic carbocycles. The maximum Gasteiger partial charge on any atom is 0.319 e. The van der Waals surface area contributed by atoms with Gasteiger partial charge in [0.25, 0.3) is 0 Å². The summed E-state index contributed by atoms with van der Waals surface area (Å²) in [4.78, 5) is 21.9. The first-order chi connectivity index (χ1) is 7.97. The minimum absolute atomic E-state index is 0.105. The summed E-state index contributed by atoms with van der Waals surface area (Å²) in [5, 5.41) is 13.7. The number of carboxylic acid groups (broad SMARTS) is 1. The number of amides is 2. The van der Waals surface area contributed by atoms with Gasteiger partial charge in [-0.05, 0) is 25.1 Å². The summed E-state index contributed by atoms with van der Waals surface area (Å²) in [5.74, 6) is -0.944. The van der Waals surface area contributed by atoms with Crippen LogP contribution < -0.4 is 10.6 Å². The number of halogens is 1. The quantitative estimate of drug-likeness (QED) is 0.799. The number of hydrogen-bond donors (Lipinski definition) is 3. The van der Waals surface area contributed by atoms with Gasteiger partial charge in [0.2, 0.25) is 0 Å². The van der Waals surface area contributed by atoms with E-state index in [1.165, 1.54) is 0 Å². The van der Waals surface area contributed by atoms with Crippen LogP contribution in [0.2, 0.25) is 0 Å². The minimum Gasteiger partial charge on any atom is -0.481 e. The van der Waals surface area contributed by atoms with E-state index in [-0.39, 0.29) is 6.42 Å². The summed E-state index contributed by atoms with van der Waals surface area (Å²) in [6.45, 7) is 1.63. The molecule has 0 spiro atoms. The maximum absolute atomic E-state index is 11.5. The van der Waals surface area contributed by atoms with Gasteiger partial charge in [-0.15, -0.1) is 0 Å². The highest BCUT2D eigenvalue weighted by Crippen LogP contribution is 2.15. The Labute approximate surface area is 107 Å². The standard InChI is InChI=1S/C11H13BrN2O3/c1-7(5-10(15)16)13-11(17)14-9-4-2-3-8(12)6-9/h2-4,6-7H,5H2,1H3,(H,15,16)(H2,13,14,17). The Morgan fingerprint density at radius 1 is 1.47 bits per heavy atom. The highest BCUT2D eigenvalue weighted by atomic mass is 79.9. The number of carbonyl (C=O) groups excluding carboxylic acids is 1. The smallest absolute Gasteiger partial charge is 0.319 e. The van der Waals surface area contributed by atoms with Crippen LogP contribution in [0.15, 0.2) is 28.7 Å². The Bertz CT molecular complexity index is 423. The fraction of sp³-hybridized carbons (Fsp3) is 0.273. The van der Waals surface area contributed by atoms with E-state index in [0.29, 0.717) is 5.69 Å². The molecule has 3 N–H and O–H groups in total. The lowest BCUT2D eigenvalue weighted by atomic mass is 10.2. The van der Waals surface area contributed by atoms with Crippen molar-refractivity contribution < 1.29 is 14.7 Å². The molecule has 0 saturated carbocycles. The van der Waals surface area contributed by atoms with Gasteiger partial charge in [0.05, 0.1) is 6.42 Å². The van der Waals surface area contributed by atoms with Crippen molar-refractivity contribution in [3.8, 4) is 0 Å². The van der Waals surface area contributed by atoms with Crippen molar-refractivity contribution >= 4 is 33.6 Å². The van der Waals surface area contributed by atoms with Crippen molar-refractivity contribution in [3.63, 3.8) is 0 Å². The third kappa shape index (κ3) is 5.35. The first kappa shape index (κ1) is 13.5. The van der Waals surface area contributed by atoms with Gasteiger partial charge in [-0.3, -0.25) is 4.79 Å². The maximum atomic E-state index is 11.5. The van der Waals surface area contributed by atoms with Gasteiger partial charge < -0.3 is 15.7 Å². The van der Waals surface area contributed by atoms with E-state index >= 15 is 0 Å². The molecule has 0 heterocycles. The van der Waals surface area contributed by atoms with Gasteiger partial charge in [0.15, 0.2) is 0 Å². The summed E-state index contributed by atoms with van der Waals surface area (Å²) >= 11 is 3.29. The molecule has 0 bridgehead atoms. The third-order valence-corrected chi connectivity index (χ3v) is 2.43. The Balaban J connectivity index is 2.47. The lowest BCUT2D eigenvalue weighted by molar-refractivity contribution is -0.137. The zero-order valence-electron chi connectivity index (χ0n) is 9.24. The Hall–Kier alpha value is -1.56. The molecule has 0 aliphatic rings. The third-order valence-electron chi connectivity index (χ3n) is 1.94. The molecule has 92 valence electrons. The Morgan fingerprint density at radius 2 is 2.18 bits per heavy atom. The fourth-order valence-electron chi connectivity index (χ4n) is 1.27. The predicted molar refractivity (Wildman–Crippen MR) is 68.0 cm³/mol. The molecule has 1 aromatic rings. The van der Waals surface area contributed by atoms with Gasteiger partial charge in [0.1, 0.15) is 0 Å². The Kier molecular flexibility index (Phi) is 4.96. The predicted octanol–water partition coefficient (Wildman–Crippen LogP) is 2.43. The van der Waals surface area contributed by atoms with E-state index in [9.17, 15) is 9.59 Å². The molecule has 0 aromatic heterocycles. The van der Waals surface area contributed by atoms with Crippen LogP contribution in [0.5, 0.6) is 0 Å². The first-order valence-electron chi connectivity index (χ1n) is 5.02. The molecule has 0 fully saturated rings. The van der Waals surface area contributed by atoms with Crippen LogP contribution in [0.25, 0.3) is 0 Å². The molecule has 0 aliphatic heterocycles. The van der Waals surface area contributed by atoms with Crippen molar-refractivity contribution in [1.82, 2.24) is 5.32 Å². The van der Waals surface area contributed by atoms with Crippen LogP contribution in [-0.2, 0) is 4.79 Å². The van der Waals surface area contributed by atoms with Crippen LogP contribution in [0, 0.1) is 0 Å². The normalized spacial score (nSPS) is 11.6. The molecule has 6 heteroatoms. The summed E-state index contributed by atoms with van der Waals surface area (Å²) in [6.07, 6.45) is -0.105.